The molecule has 2 aliphatic rings. The van der Waals surface area contributed by atoms with Gasteiger partial charge in [0.25, 0.3) is 5.56 Å². The van der Waals surface area contributed by atoms with Crippen LogP contribution in [0, 0.1) is 5.92 Å². The van der Waals surface area contributed by atoms with E-state index in [0.717, 1.165) is 48.7 Å². The normalized spacial score (nSPS) is 18.8. The molecule has 0 radical (unpaired) electrons. The number of carbonyl (C=O) groups is 1. The lowest BCUT2D eigenvalue weighted by atomic mass is 10.1. The number of imidazole rings is 1. The van der Waals surface area contributed by atoms with Crippen molar-refractivity contribution in [2.45, 2.75) is 57.6 Å². The molecule has 2 aliphatic carbocycles. The van der Waals surface area contributed by atoms with Crippen LogP contribution in [-0.2, 0) is 18.4 Å². The first-order chi connectivity index (χ1) is 18.8. The number of anilines is 3. The predicted octanol–water partition coefficient (Wildman–Crippen LogP) is 4.66. The second-order valence-electron chi connectivity index (χ2n) is 10.6. The maximum Gasteiger partial charge on any atom is 0.274 e. The molecule has 0 spiro atoms. The van der Waals surface area contributed by atoms with Gasteiger partial charge in [0.15, 0.2) is 0 Å². The lowest BCUT2D eigenvalue weighted by Gasteiger charge is -2.18. The second kappa shape index (κ2) is 10.2. The molecule has 3 N–H and O–H groups in total. The number of carbonyl (C=O) groups excluding carboxylic acids is 1. The number of rotatable bonds is 8. The van der Waals surface area contributed by atoms with Gasteiger partial charge in [0, 0.05) is 51.0 Å². The summed E-state index contributed by atoms with van der Waals surface area (Å²) in [4.78, 5) is 33.7. The Morgan fingerprint density at radius 2 is 1.95 bits per heavy atom. The zero-order chi connectivity index (χ0) is 27.1. The third-order valence-corrected chi connectivity index (χ3v) is 7.58. The van der Waals surface area contributed by atoms with Gasteiger partial charge in [-0.15, -0.1) is 0 Å². The standard InChI is InChI=1S/C29H32N6O4/c1-17(36)31-27-14-22(10-11-30-27)39-21-8-9-23-25(13-21)34(2)29(32-23)33-24-12-20(18-6-7-18)16-35(28(24)38)15-19-4-3-5-26(19)37/h8-14,16,18-19,26,37H,3-7,15H2,1-2H3,(H,32,33)(H,30,31,36)/t19-,26+/m1/s1. The van der Waals surface area contributed by atoms with E-state index in [4.69, 9.17) is 9.72 Å². The molecule has 10 heteroatoms. The summed E-state index contributed by atoms with van der Waals surface area (Å²) >= 11 is 0. The number of aromatic nitrogens is 4. The van der Waals surface area contributed by atoms with Crippen molar-refractivity contribution in [1.29, 1.82) is 0 Å². The Hall–Kier alpha value is -4.18. The summed E-state index contributed by atoms with van der Waals surface area (Å²) in [5, 5.41) is 16.3. The van der Waals surface area contributed by atoms with E-state index in [0.29, 0.717) is 41.4 Å². The van der Waals surface area contributed by atoms with Crippen LogP contribution in [0.5, 0.6) is 11.5 Å². The van der Waals surface area contributed by atoms with Crippen molar-refractivity contribution in [3.05, 3.63) is 64.7 Å². The fourth-order valence-corrected chi connectivity index (χ4v) is 5.33. The van der Waals surface area contributed by atoms with Crippen molar-refractivity contribution in [3.63, 3.8) is 0 Å². The van der Waals surface area contributed by atoms with E-state index in [-0.39, 0.29) is 23.5 Å². The van der Waals surface area contributed by atoms with Gasteiger partial charge < -0.3 is 29.6 Å². The third-order valence-electron chi connectivity index (χ3n) is 7.58. The molecule has 0 saturated heterocycles. The van der Waals surface area contributed by atoms with Gasteiger partial charge in [-0.1, -0.05) is 6.42 Å². The number of amides is 1. The van der Waals surface area contributed by atoms with E-state index in [1.165, 1.54) is 6.92 Å². The topological polar surface area (TPSA) is 123 Å². The number of nitrogens with zero attached hydrogens (tertiary/aromatic N) is 4. The monoisotopic (exact) mass is 528 g/mol. The van der Waals surface area contributed by atoms with E-state index in [2.05, 4.69) is 15.6 Å². The van der Waals surface area contributed by atoms with Crippen molar-refractivity contribution >= 4 is 34.4 Å². The molecule has 4 aromatic rings. The van der Waals surface area contributed by atoms with Crippen molar-refractivity contribution in [2.24, 2.45) is 13.0 Å². The van der Waals surface area contributed by atoms with Gasteiger partial charge in [-0.3, -0.25) is 9.59 Å². The molecule has 3 heterocycles. The van der Waals surface area contributed by atoms with Gasteiger partial charge in [-0.2, -0.15) is 0 Å². The lowest BCUT2D eigenvalue weighted by molar-refractivity contribution is -0.114. The Balaban J connectivity index is 1.27. The molecular weight excluding hydrogens is 496 g/mol. The molecule has 2 atom stereocenters. The highest BCUT2D eigenvalue weighted by atomic mass is 16.5. The van der Waals surface area contributed by atoms with Crippen LogP contribution < -0.4 is 20.9 Å². The quantitative estimate of drug-likeness (QED) is 0.304. The van der Waals surface area contributed by atoms with Crippen LogP contribution >= 0.6 is 0 Å². The van der Waals surface area contributed by atoms with Crippen LogP contribution in [0.25, 0.3) is 11.0 Å². The number of hydrogen-bond donors (Lipinski definition) is 3. The zero-order valence-electron chi connectivity index (χ0n) is 22.1. The Morgan fingerprint density at radius 1 is 1.13 bits per heavy atom. The molecule has 1 amide bonds. The Kier molecular flexibility index (Phi) is 6.56. The number of aliphatic hydroxyl groups excluding tert-OH is 1. The average Bonchev–Trinajstić information content (AvgIpc) is 3.61. The minimum absolute atomic E-state index is 0.105. The number of aryl methyl sites for hydroxylation is 1. The van der Waals surface area contributed by atoms with Gasteiger partial charge in [0.05, 0.1) is 17.1 Å². The minimum Gasteiger partial charge on any atom is -0.457 e. The molecule has 2 fully saturated rings. The Bertz CT molecular complexity index is 1610. The van der Waals surface area contributed by atoms with Crippen molar-refractivity contribution in [3.8, 4) is 11.5 Å². The number of hydrogen-bond acceptors (Lipinski definition) is 7. The number of ether oxygens (including phenoxy) is 1. The average molecular weight is 529 g/mol. The second-order valence-corrected chi connectivity index (χ2v) is 10.6. The Labute approximate surface area is 225 Å². The van der Waals surface area contributed by atoms with Crippen LogP contribution in [0.3, 0.4) is 0 Å². The zero-order valence-corrected chi connectivity index (χ0v) is 22.1. The summed E-state index contributed by atoms with van der Waals surface area (Å²) in [5.74, 6) is 2.48. The van der Waals surface area contributed by atoms with Gasteiger partial charge in [-0.25, -0.2) is 9.97 Å². The largest absolute Gasteiger partial charge is 0.457 e. The van der Waals surface area contributed by atoms with E-state index < -0.39 is 0 Å². The summed E-state index contributed by atoms with van der Waals surface area (Å²) in [6.07, 6.45) is 8.19. The number of pyridine rings is 2. The Morgan fingerprint density at radius 3 is 2.69 bits per heavy atom. The van der Waals surface area contributed by atoms with Crippen LogP contribution in [-0.4, -0.2) is 36.2 Å². The molecule has 1 aromatic carbocycles. The minimum atomic E-state index is -0.349. The van der Waals surface area contributed by atoms with Crippen LogP contribution in [0.1, 0.15) is 50.5 Å². The maximum absolute atomic E-state index is 13.5. The van der Waals surface area contributed by atoms with Crippen LogP contribution in [0.4, 0.5) is 17.5 Å². The molecule has 2 saturated carbocycles. The van der Waals surface area contributed by atoms with Crippen molar-refractivity contribution in [2.75, 3.05) is 10.6 Å². The number of benzene rings is 1. The molecule has 0 aliphatic heterocycles. The first kappa shape index (κ1) is 25.1. The molecule has 6 rings (SSSR count). The predicted molar refractivity (Wildman–Crippen MR) is 149 cm³/mol. The first-order valence-electron chi connectivity index (χ1n) is 13.4. The van der Waals surface area contributed by atoms with E-state index in [9.17, 15) is 14.7 Å². The highest BCUT2D eigenvalue weighted by Gasteiger charge is 2.29. The maximum atomic E-state index is 13.5. The molecule has 39 heavy (non-hydrogen) atoms. The molecular formula is C29H32N6O4. The van der Waals surface area contributed by atoms with E-state index in [1.54, 1.807) is 22.9 Å². The lowest BCUT2D eigenvalue weighted by Crippen LogP contribution is -2.29. The van der Waals surface area contributed by atoms with Gasteiger partial charge >= 0.3 is 0 Å². The van der Waals surface area contributed by atoms with Crippen molar-refractivity contribution < 1.29 is 14.6 Å². The highest BCUT2D eigenvalue weighted by Crippen LogP contribution is 2.40. The van der Waals surface area contributed by atoms with Crippen LogP contribution in [0.15, 0.2) is 53.6 Å². The third kappa shape index (κ3) is 5.37. The summed E-state index contributed by atoms with van der Waals surface area (Å²) in [6, 6.07) is 10.9. The number of nitrogens with one attached hydrogen (secondary N) is 2. The first-order valence-corrected chi connectivity index (χ1v) is 13.4. The molecule has 0 unspecified atom stereocenters. The summed E-state index contributed by atoms with van der Waals surface area (Å²) in [6.45, 7) is 1.95. The van der Waals surface area contributed by atoms with Crippen molar-refractivity contribution in [1.82, 2.24) is 19.1 Å². The van der Waals surface area contributed by atoms with E-state index in [1.807, 2.05) is 42.1 Å². The summed E-state index contributed by atoms with van der Waals surface area (Å²) in [7, 11) is 1.89. The van der Waals surface area contributed by atoms with Gasteiger partial charge in [0.1, 0.15) is 23.0 Å². The molecule has 0 bridgehead atoms. The number of fused-ring (bicyclic) bond motifs is 1. The summed E-state index contributed by atoms with van der Waals surface area (Å²) in [5.41, 5.74) is 3.12. The smallest absolute Gasteiger partial charge is 0.274 e. The fourth-order valence-electron chi connectivity index (χ4n) is 5.33. The SMILES string of the molecule is CC(=O)Nc1cc(Oc2ccc3nc(Nc4cc(C5CC5)cn(C[C@H]5CCC[C@@H]5O)c4=O)n(C)c3c2)ccn1. The van der Waals surface area contributed by atoms with Gasteiger partial charge in [-0.05, 0) is 61.4 Å². The van der Waals surface area contributed by atoms with E-state index >= 15 is 0 Å². The number of aliphatic hydroxyl groups is 1. The fraction of sp³-hybridized carbons (Fsp3) is 0.379. The molecule has 10 nitrogen and oxygen atoms in total. The molecule has 3 aromatic heterocycles. The summed E-state index contributed by atoms with van der Waals surface area (Å²) < 4.78 is 9.69. The van der Waals surface area contributed by atoms with Crippen LogP contribution in [0.2, 0.25) is 0 Å². The molecule has 202 valence electrons. The van der Waals surface area contributed by atoms with Gasteiger partial charge in [0.2, 0.25) is 11.9 Å². The highest BCUT2D eigenvalue weighted by molar-refractivity contribution is 5.87.